The van der Waals surface area contributed by atoms with Gasteiger partial charge in [-0.2, -0.15) is 0 Å². The fraction of sp³-hybridized carbons (Fsp3) is 0.333. The first-order valence-electron chi connectivity index (χ1n) is 7.02. The van der Waals surface area contributed by atoms with Crippen molar-refractivity contribution >= 4 is 22.6 Å². The molecule has 1 aromatic heterocycles. The predicted octanol–water partition coefficient (Wildman–Crippen LogP) is 0.258. The van der Waals surface area contributed by atoms with Gasteiger partial charge in [-0.1, -0.05) is 52.9 Å². The number of aromatic amines is 1. The number of nitrogens with one attached hydrogen (secondary N) is 1. The number of H-pyrrole nitrogens is 1. The van der Waals surface area contributed by atoms with Crippen molar-refractivity contribution in [1.29, 1.82) is 0 Å². The second-order valence-corrected chi connectivity index (χ2v) is 6.70. The fourth-order valence-corrected chi connectivity index (χ4v) is 3.34. The number of benzene rings is 1. The van der Waals surface area contributed by atoms with Crippen LogP contribution in [0.5, 0.6) is 0 Å². The van der Waals surface area contributed by atoms with E-state index in [1.165, 1.54) is 6.20 Å². The quantitative estimate of drug-likeness (QED) is 0.479. The van der Waals surface area contributed by atoms with E-state index in [4.69, 9.17) is 4.74 Å². The van der Waals surface area contributed by atoms with Crippen LogP contribution in [0.1, 0.15) is 6.23 Å². The lowest BCUT2D eigenvalue weighted by Crippen LogP contribution is -2.37. The number of aromatic nitrogens is 2. The van der Waals surface area contributed by atoms with Crippen molar-refractivity contribution < 1.29 is 14.9 Å². The average molecular weight is 430 g/mol. The van der Waals surface area contributed by atoms with Crippen LogP contribution in [0.15, 0.2) is 46.1 Å². The van der Waals surface area contributed by atoms with Crippen LogP contribution in [0.3, 0.4) is 0 Å². The molecule has 0 saturated carbocycles. The van der Waals surface area contributed by atoms with Gasteiger partial charge in [0.1, 0.15) is 6.10 Å². The molecule has 1 aliphatic rings. The van der Waals surface area contributed by atoms with E-state index in [0.29, 0.717) is 11.1 Å². The van der Waals surface area contributed by atoms with Gasteiger partial charge in [-0.05, 0) is 5.56 Å². The third-order valence-electron chi connectivity index (χ3n) is 3.79. The second kappa shape index (κ2) is 6.56. The maximum absolute atomic E-state index is 12.1. The number of halogens is 1. The zero-order valence-corrected chi connectivity index (χ0v) is 14.1. The molecule has 3 rings (SSSR count). The number of alkyl halides is 1. The normalized spacial score (nSPS) is 27.3. The molecule has 1 fully saturated rings. The van der Waals surface area contributed by atoms with Gasteiger partial charge in [-0.3, -0.25) is 14.3 Å². The molecule has 7 nitrogen and oxygen atoms in total. The first-order chi connectivity index (χ1) is 11.0. The topological polar surface area (TPSA) is 105 Å². The lowest BCUT2D eigenvalue weighted by Gasteiger charge is -2.18. The van der Waals surface area contributed by atoms with Crippen molar-refractivity contribution in [3.63, 3.8) is 0 Å². The molecule has 0 unspecified atom stereocenters. The van der Waals surface area contributed by atoms with Crippen LogP contribution in [0.4, 0.5) is 0 Å². The molecule has 0 aliphatic carbocycles. The summed E-state index contributed by atoms with van der Waals surface area (Å²) in [7, 11) is 0. The van der Waals surface area contributed by atoms with Crippen molar-refractivity contribution in [2.45, 2.75) is 22.4 Å². The molecule has 1 aromatic carbocycles. The summed E-state index contributed by atoms with van der Waals surface area (Å²) < 4.78 is 6.37. The summed E-state index contributed by atoms with van der Waals surface area (Å²) in [6.45, 7) is -0.259. The van der Waals surface area contributed by atoms with Gasteiger partial charge < -0.3 is 14.9 Å². The van der Waals surface area contributed by atoms with Crippen LogP contribution in [0.25, 0.3) is 11.1 Å². The van der Waals surface area contributed by atoms with E-state index in [1.807, 2.05) is 28.7 Å². The summed E-state index contributed by atoms with van der Waals surface area (Å²) in [5.41, 5.74) is -0.214. The number of ether oxygens (including phenoxy) is 1. The molecule has 0 radical (unpaired) electrons. The lowest BCUT2D eigenvalue weighted by atomic mass is 10.1. The minimum atomic E-state index is -0.972. The number of aliphatic hydroxyl groups is 2. The van der Waals surface area contributed by atoms with Gasteiger partial charge in [0, 0.05) is 6.20 Å². The van der Waals surface area contributed by atoms with Gasteiger partial charge in [-0.25, -0.2) is 4.79 Å². The minimum absolute atomic E-state index is 0.259. The smallest absolute Gasteiger partial charge is 0.330 e. The Bertz CT molecular complexity index is 804. The summed E-state index contributed by atoms with van der Waals surface area (Å²) >= 11 is 1.98. The van der Waals surface area contributed by atoms with Crippen molar-refractivity contribution in [2.75, 3.05) is 6.61 Å². The summed E-state index contributed by atoms with van der Waals surface area (Å²) in [5.74, 6) is 0. The molecule has 122 valence electrons. The predicted molar refractivity (Wildman–Crippen MR) is 91.6 cm³/mol. The molecule has 0 amide bonds. The Morgan fingerprint density at radius 3 is 2.57 bits per heavy atom. The first kappa shape index (κ1) is 16.4. The molecule has 0 spiro atoms. The van der Waals surface area contributed by atoms with Crippen LogP contribution >= 0.6 is 22.6 Å². The van der Waals surface area contributed by atoms with Crippen molar-refractivity contribution in [3.8, 4) is 11.1 Å². The van der Waals surface area contributed by atoms with E-state index >= 15 is 0 Å². The van der Waals surface area contributed by atoms with Gasteiger partial charge in [0.2, 0.25) is 0 Å². The largest absolute Gasteiger partial charge is 0.394 e. The van der Waals surface area contributed by atoms with E-state index in [0.717, 1.165) is 4.57 Å². The van der Waals surface area contributed by atoms with E-state index in [1.54, 1.807) is 24.3 Å². The van der Waals surface area contributed by atoms with E-state index in [2.05, 4.69) is 4.98 Å². The van der Waals surface area contributed by atoms with Crippen LogP contribution in [0, 0.1) is 0 Å². The Labute approximate surface area is 144 Å². The number of rotatable bonds is 3. The molecular formula is C15H15IN2O5. The monoisotopic (exact) mass is 430 g/mol. The van der Waals surface area contributed by atoms with Crippen LogP contribution in [-0.2, 0) is 4.74 Å². The molecular weight excluding hydrogens is 415 g/mol. The minimum Gasteiger partial charge on any atom is -0.394 e. The Morgan fingerprint density at radius 2 is 1.96 bits per heavy atom. The lowest BCUT2D eigenvalue weighted by molar-refractivity contribution is -0.0529. The zero-order valence-electron chi connectivity index (χ0n) is 11.9. The van der Waals surface area contributed by atoms with E-state index < -0.39 is 29.7 Å². The van der Waals surface area contributed by atoms with Crippen LogP contribution in [-0.4, -0.2) is 42.5 Å². The van der Waals surface area contributed by atoms with Crippen molar-refractivity contribution in [3.05, 3.63) is 57.4 Å². The maximum atomic E-state index is 12.1. The first-order valence-corrected chi connectivity index (χ1v) is 8.27. The van der Waals surface area contributed by atoms with Crippen molar-refractivity contribution in [1.82, 2.24) is 9.55 Å². The molecule has 3 N–H and O–H groups in total. The van der Waals surface area contributed by atoms with E-state index in [-0.39, 0.29) is 10.5 Å². The van der Waals surface area contributed by atoms with Gasteiger partial charge in [-0.15, -0.1) is 0 Å². The highest BCUT2D eigenvalue weighted by molar-refractivity contribution is 14.1. The number of nitrogens with zero attached hydrogens (tertiary/aromatic N) is 1. The maximum Gasteiger partial charge on any atom is 0.330 e. The summed E-state index contributed by atoms with van der Waals surface area (Å²) in [6, 6.07) is 8.90. The molecule has 4 atom stereocenters. The summed E-state index contributed by atoms with van der Waals surface area (Å²) in [5, 5.41) is 19.6. The molecule has 8 heteroatoms. The summed E-state index contributed by atoms with van der Waals surface area (Å²) in [6.07, 6.45) is -1.12. The number of aliphatic hydroxyl groups excluding tert-OH is 2. The highest BCUT2D eigenvalue weighted by atomic mass is 127. The Kier molecular flexibility index (Phi) is 4.67. The zero-order chi connectivity index (χ0) is 16.6. The summed E-state index contributed by atoms with van der Waals surface area (Å²) in [4.78, 5) is 26.4. The Balaban J connectivity index is 2.08. The third kappa shape index (κ3) is 2.99. The number of hydrogen-bond donors (Lipinski definition) is 3. The standard InChI is InChI=1S/C15H15IN2O5/c16-11-10(7-19)23-14(12(11)20)18-6-9(13(21)17-15(18)22)8-4-2-1-3-5-8/h1-6,10-12,14,19-20H,7H2,(H,17,21,22)/t10-,11-,12-,14-/m1/s1. The van der Waals surface area contributed by atoms with Gasteiger partial charge >= 0.3 is 5.69 Å². The Morgan fingerprint density at radius 1 is 1.26 bits per heavy atom. The molecule has 0 bridgehead atoms. The molecule has 23 heavy (non-hydrogen) atoms. The Hall–Kier alpha value is -1.49. The molecule has 1 aliphatic heterocycles. The molecule has 2 heterocycles. The van der Waals surface area contributed by atoms with Crippen LogP contribution in [0.2, 0.25) is 0 Å². The highest BCUT2D eigenvalue weighted by Crippen LogP contribution is 2.33. The van der Waals surface area contributed by atoms with E-state index in [9.17, 15) is 19.8 Å². The molecule has 2 aromatic rings. The van der Waals surface area contributed by atoms with Crippen LogP contribution < -0.4 is 11.2 Å². The molecule has 1 saturated heterocycles. The van der Waals surface area contributed by atoms with Crippen molar-refractivity contribution in [2.24, 2.45) is 0 Å². The van der Waals surface area contributed by atoms with Gasteiger partial charge in [0.15, 0.2) is 6.23 Å². The van der Waals surface area contributed by atoms with Gasteiger partial charge in [0.25, 0.3) is 5.56 Å². The second-order valence-electron chi connectivity index (χ2n) is 5.26. The average Bonchev–Trinajstić information content (AvgIpc) is 2.84. The van der Waals surface area contributed by atoms with Gasteiger partial charge in [0.05, 0.1) is 22.2 Å². The fourth-order valence-electron chi connectivity index (χ4n) is 2.58. The highest BCUT2D eigenvalue weighted by Gasteiger charge is 2.43. The number of hydrogen-bond acceptors (Lipinski definition) is 5. The third-order valence-corrected chi connectivity index (χ3v) is 5.33. The SMILES string of the molecule is O=c1[nH]c(=O)n([C@@H]2O[C@H](CO)[C@@H](I)[C@H]2O)cc1-c1ccccc1.